The van der Waals surface area contributed by atoms with Crippen LogP contribution in [0.3, 0.4) is 0 Å². The summed E-state index contributed by atoms with van der Waals surface area (Å²) in [5, 5.41) is 12.6. The highest BCUT2D eigenvalue weighted by Gasteiger charge is 2.27. The Morgan fingerprint density at radius 2 is 2.07 bits per heavy atom. The summed E-state index contributed by atoms with van der Waals surface area (Å²) in [4.78, 5) is 10.7. The minimum absolute atomic E-state index is 0.271. The Hall–Kier alpha value is -1.47. The molecular formula is C6H10F3N3O2. The number of nitrogens with one attached hydrogen (secondary N) is 1. The maximum Gasteiger partial charge on any atom is 0.389 e. The number of carbonyl (C=O) groups is 1. The number of alkyl halides is 3. The van der Waals surface area contributed by atoms with Crippen LogP contribution in [-0.2, 0) is 4.79 Å². The van der Waals surface area contributed by atoms with Crippen LogP contribution >= 0.6 is 0 Å². The fourth-order valence-corrected chi connectivity index (χ4v) is 0.568. The van der Waals surface area contributed by atoms with E-state index in [2.05, 4.69) is 10.5 Å². The van der Waals surface area contributed by atoms with Gasteiger partial charge in [0.1, 0.15) is 0 Å². The molecule has 0 rings (SSSR count). The molecule has 0 heterocycles. The van der Waals surface area contributed by atoms with Crippen molar-refractivity contribution in [1.82, 2.24) is 5.32 Å². The van der Waals surface area contributed by atoms with Crippen molar-refractivity contribution in [3.8, 4) is 0 Å². The van der Waals surface area contributed by atoms with E-state index in [4.69, 9.17) is 10.9 Å². The van der Waals surface area contributed by atoms with Crippen LogP contribution in [0.25, 0.3) is 0 Å². The molecule has 0 aliphatic heterocycles. The molecule has 1 amide bonds. The molecule has 4 N–H and O–H groups in total. The molecule has 0 fully saturated rings. The zero-order chi connectivity index (χ0) is 11.2. The highest BCUT2D eigenvalue weighted by atomic mass is 19.4. The monoisotopic (exact) mass is 213 g/mol. The Labute approximate surface area is 77.8 Å². The summed E-state index contributed by atoms with van der Waals surface area (Å²) >= 11 is 0. The molecule has 0 radical (unpaired) electrons. The summed E-state index contributed by atoms with van der Waals surface area (Å²) in [7, 11) is 0. The maximum absolute atomic E-state index is 11.6. The van der Waals surface area contributed by atoms with Crippen LogP contribution in [0.1, 0.15) is 12.8 Å². The van der Waals surface area contributed by atoms with E-state index >= 15 is 0 Å². The second-order valence-corrected chi connectivity index (χ2v) is 2.48. The smallest absolute Gasteiger partial charge is 0.389 e. The van der Waals surface area contributed by atoms with E-state index in [1.807, 2.05) is 0 Å². The van der Waals surface area contributed by atoms with Crippen LogP contribution < -0.4 is 11.1 Å². The summed E-state index contributed by atoms with van der Waals surface area (Å²) < 4.78 is 34.8. The second kappa shape index (κ2) is 5.30. The molecule has 0 saturated carbocycles. The zero-order valence-electron chi connectivity index (χ0n) is 7.14. The lowest BCUT2D eigenvalue weighted by molar-refractivity contribution is -0.144. The number of nitrogens with two attached hydrogens (primary N) is 1. The fourth-order valence-electron chi connectivity index (χ4n) is 0.568. The molecule has 0 aromatic rings. The van der Waals surface area contributed by atoms with Crippen molar-refractivity contribution < 1.29 is 23.2 Å². The molecule has 0 aliphatic rings. The van der Waals surface area contributed by atoms with Gasteiger partial charge in [-0.2, -0.15) is 13.2 Å². The molecule has 0 unspecified atom stereocenters. The topological polar surface area (TPSA) is 87.7 Å². The van der Waals surface area contributed by atoms with Crippen LogP contribution in [0.4, 0.5) is 13.2 Å². The lowest BCUT2D eigenvalue weighted by atomic mass is 10.3. The number of rotatable bonds is 4. The zero-order valence-corrected chi connectivity index (χ0v) is 7.14. The Balaban J connectivity index is 3.67. The van der Waals surface area contributed by atoms with Gasteiger partial charge in [0.25, 0.3) is 0 Å². The molecule has 0 spiro atoms. The molecule has 0 aliphatic carbocycles. The molecule has 0 aromatic heterocycles. The van der Waals surface area contributed by atoms with E-state index < -0.39 is 24.9 Å². The number of carbonyl (C=O) groups excluding carboxylic acids is 1. The third-order valence-electron chi connectivity index (χ3n) is 1.23. The van der Waals surface area contributed by atoms with E-state index in [0.29, 0.717) is 0 Å². The van der Waals surface area contributed by atoms with Gasteiger partial charge < -0.3 is 16.3 Å². The van der Waals surface area contributed by atoms with Gasteiger partial charge >= 0.3 is 6.18 Å². The normalized spacial score (nSPS) is 12.6. The molecular weight excluding hydrogens is 203 g/mol. The van der Waals surface area contributed by atoms with Gasteiger partial charge in [0.2, 0.25) is 5.91 Å². The molecule has 14 heavy (non-hydrogen) atoms. The molecule has 0 saturated heterocycles. The Bertz CT molecular complexity index is 227. The van der Waals surface area contributed by atoms with Gasteiger partial charge in [-0.15, -0.1) is 0 Å². The van der Waals surface area contributed by atoms with Gasteiger partial charge in [0, 0.05) is 6.42 Å². The SMILES string of the molecule is NC(CNC(=O)CCC(F)(F)F)=NO. The van der Waals surface area contributed by atoms with Crippen LogP contribution in [0.2, 0.25) is 0 Å². The summed E-state index contributed by atoms with van der Waals surface area (Å²) in [5.41, 5.74) is 4.97. The van der Waals surface area contributed by atoms with Crippen molar-refractivity contribution in [2.75, 3.05) is 6.54 Å². The first-order valence-corrected chi connectivity index (χ1v) is 3.65. The predicted octanol–water partition coefficient (Wildman–Crippen LogP) is 0.191. The Morgan fingerprint density at radius 1 is 1.50 bits per heavy atom. The van der Waals surface area contributed by atoms with Crippen molar-refractivity contribution in [3.63, 3.8) is 0 Å². The summed E-state index contributed by atoms with van der Waals surface area (Å²) in [6, 6.07) is 0. The predicted molar refractivity (Wildman–Crippen MR) is 41.7 cm³/mol. The van der Waals surface area contributed by atoms with Gasteiger partial charge in [0.05, 0.1) is 13.0 Å². The van der Waals surface area contributed by atoms with Gasteiger partial charge in [-0.05, 0) is 0 Å². The van der Waals surface area contributed by atoms with Gasteiger partial charge in [-0.3, -0.25) is 4.79 Å². The van der Waals surface area contributed by atoms with E-state index in [-0.39, 0.29) is 12.4 Å². The third-order valence-corrected chi connectivity index (χ3v) is 1.23. The van der Waals surface area contributed by atoms with Crippen molar-refractivity contribution in [2.45, 2.75) is 19.0 Å². The van der Waals surface area contributed by atoms with Crippen LogP contribution in [0, 0.1) is 0 Å². The van der Waals surface area contributed by atoms with Crippen molar-refractivity contribution in [3.05, 3.63) is 0 Å². The third kappa shape index (κ3) is 7.19. The first-order valence-electron chi connectivity index (χ1n) is 3.65. The molecule has 8 heteroatoms. The second-order valence-electron chi connectivity index (χ2n) is 2.48. The summed E-state index contributed by atoms with van der Waals surface area (Å²) in [5.74, 6) is -1.07. The van der Waals surface area contributed by atoms with E-state index in [9.17, 15) is 18.0 Å². The average molecular weight is 213 g/mol. The largest absolute Gasteiger partial charge is 0.409 e. The highest BCUT2D eigenvalue weighted by Crippen LogP contribution is 2.20. The van der Waals surface area contributed by atoms with Crippen molar-refractivity contribution >= 4 is 11.7 Å². The summed E-state index contributed by atoms with van der Waals surface area (Å²) in [6.07, 6.45) is -6.20. The number of oxime groups is 1. The van der Waals surface area contributed by atoms with E-state index in [1.54, 1.807) is 0 Å². The first kappa shape index (κ1) is 12.5. The van der Waals surface area contributed by atoms with Crippen LogP contribution in [0.5, 0.6) is 0 Å². The first-order chi connectivity index (χ1) is 6.35. The number of hydrogen-bond acceptors (Lipinski definition) is 3. The highest BCUT2D eigenvalue weighted by molar-refractivity contribution is 5.86. The molecule has 0 bridgehead atoms. The number of nitrogens with zero attached hydrogens (tertiary/aromatic N) is 1. The molecule has 82 valence electrons. The van der Waals surface area contributed by atoms with E-state index in [0.717, 1.165) is 0 Å². The fraction of sp³-hybridized carbons (Fsp3) is 0.667. The minimum Gasteiger partial charge on any atom is -0.409 e. The maximum atomic E-state index is 11.6. The quantitative estimate of drug-likeness (QED) is 0.269. The van der Waals surface area contributed by atoms with Crippen LogP contribution in [-0.4, -0.2) is 29.7 Å². The van der Waals surface area contributed by atoms with Crippen molar-refractivity contribution in [1.29, 1.82) is 0 Å². The standard InChI is InChI=1S/C6H10F3N3O2/c7-6(8,9)2-1-5(13)11-3-4(10)12-14/h14H,1-3H2,(H2,10,12)(H,11,13). The molecule has 5 nitrogen and oxygen atoms in total. The Kier molecular flexibility index (Phi) is 4.74. The molecule has 0 aromatic carbocycles. The summed E-state index contributed by atoms with van der Waals surface area (Å²) in [6.45, 7) is -0.271. The number of halogens is 3. The number of hydrogen-bond donors (Lipinski definition) is 3. The Morgan fingerprint density at radius 3 is 2.50 bits per heavy atom. The average Bonchev–Trinajstić information content (AvgIpc) is 2.09. The van der Waals surface area contributed by atoms with Gasteiger partial charge in [0.15, 0.2) is 5.84 Å². The number of amides is 1. The number of amidine groups is 1. The van der Waals surface area contributed by atoms with E-state index in [1.165, 1.54) is 0 Å². The van der Waals surface area contributed by atoms with Gasteiger partial charge in [-0.25, -0.2) is 0 Å². The lowest BCUT2D eigenvalue weighted by Crippen LogP contribution is -2.34. The van der Waals surface area contributed by atoms with Crippen molar-refractivity contribution in [2.24, 2.45) is 10.9 Å². The minimum atomic E-state index is -4.35. The van der Waals surface area contributed by atoms with Crippen LogP contribution in [0.15, 0.2) is 5.16 Å². The van der Waals surface area contributed by atoms with Gasteiger partial charge in [-0.1, -0.05) is 5.16 Å². The lowest BCUT2D eigenvalue weighted by Gasteiger charge is -2.06. The molecule has 0 atom stereocenters.